The maximum atomic E-state index is 12.5. The summed E-state index contributed by atoms with van der Waals surface area (Å²) < 4.78 is 5.38. The van der Waals surface area contributed by atoms with Crippen molar-refractivity contribution >= 4 is 5.91 Å². The number of rotatable bonds is 6. The highest BCUT2D eigenvalue weighted by Gasteiger charge is 2.20. The Balaban J connectivity index is 1.86. The summed E-state index contributed by atoms with van der Waals surface area (Å²) >= 11 is 0. The van der Waals surface area contributed by atoms with E-state index in [1.165, 1.54) is 5.56 Å². The van der Waals surface area contributed by atoms with Gasteiger partial charge in [0.05, 0.1) is 0 Å². The summed E-state index contributed by atoms with van der Waals surface area (Å²) in [5.74, 6) is 0.939. The summed E-state index contributed by atoms with van der Waals surface area (Å²) in [6, 6.07) is 10.5. The van der Waals surface area contributed by atoms with E-state index in [0.717, 1.165) is 32.5 Å². The molecule has 1 fully saturated rings. The standard InChI is InChI=1S/C18H27NO2/c1-15(2)19(14-17-6-4-3-5-7-17)18(20)9-8-16-10-12-21-13-11-16/h3-7,15-16H,8-14H2,1-2H3. The van der Waals surface area contributed by atoms with E-state index in [-0.39, 0.29) is 11.9 Å². The first kappa shape index (κ1) is 16.0. The van der Waals surface area contributed by atoms with E-state index in [0.29, 0.717) is 18.9 Å². The van der Waals surface area contributed by atoms with Crippen molar-refractivity contribution < 1.29 is 9.53 Å². The zero-order valence-electron chi connectivity index (χ0n) is 13.3. The van der Waals surface area contributed by atoms with Crippen LogP contribution in [0.5, 0.6) is 0 Å². The van der Waals surface area contributed by atoms with Crippen LogP contribution < -0.4 is 0 Å². The Morgan fingerprint density at radius 3 is 2.52 bits per heavy atom. The number of carbonyl (C=O) groups is 1. The molecule has 0 aliphatic carbocycles. The highest BCUT2D eigenvalue weighted by Crippen LogP contribution is 2.21. The van der Waals surface area contributed by atoms with Crippen molar-refractivity contribution in [2.75, 3.05) is 13.2 Å². The lowest BCUT2D eigenvalue weighted by Crippen LogP contribution is -2.36. The number of amides is 1. The Hall–Kier alpha value is -1.35. The lowest BCUT2D eigenvalue weighted by atomic mass is 9.94. The second-order valence-corrected chi connectivity index (χ2v) is 6.20. The predicted molar refractivity (Wildman–Crippen MR) is 84.9 cm³/mol. The van der Waals surface area contributed by atoms with Gasteiger partial charge in [0.25, 0.3) is 0 Å². The molecule has 2 rings (SSSR count). The molecule has 0 N–H and O–H groups in total. The molecule has 1 saturated heterocycles. The first-order chi connectivity index (χ1) is 10.2. The smallest absolute Gasteiger partial charge is 0.223 e. The molecule has 1 amide bonds. The van der Waals surface area contributed by atoms with Crippen molar-refractivity contribution in [2.24, 2.45) is 5.92 Å². The predicted octanol–water partition coefficient (Wildman–Crippen LogP) is 3.63. The Labute approximate surface area is 128 Å². The van der Waals surface area contributed by atoms with Crippen molar-refractivity contribution in [2.45, 2.75) is 52.1 Å². The van der Waals surface area contributed by atoms with Gasteiger partial charge in [0.1, 0.15) is 0 Å². The van der Waals surface area contributed by atoms with Gasteiger partial charge in [-0.2, -0.15) is 0 Å². The summed E-state index contributed by atoms with van der Waals surface area (Å²) in [6.07, 6.45) is 3.87. The van der Waals surface area contributed by atoms with Gasteiger partial charge >= 0.3 is 0 Å². The fraction of sp³-hybridized carbons (Fsp3) is 0.611. The van der Waals surface area contributed by atoms with Gasteiger partial charge in [0.2, 0.25) is 5.91 Å². The number of benzene rings is 1. The van der Waals surface area contributed by atoms with Crippen LogP contribution in [0.4, 0.5) is 0 Å². The molecule has 3 nitrogen and oxygen atoms in total. The van der Waals surface area contributed by atoms with E-state index in [1.54, 1.807) is 0 Å². The van der Waals surface area contributed by atoms with Crippen molar-refractivity contribution in [3.63, 3.8) is 0 Å². The molecule has 1 heterocycles. The molecule has 1 aliphatic rings. The largest absolute Gasteiger partial charge is 0.381 e. The first-order valence-corrected chi connectivity index (χ1v) is 8.08. The monoisotopic (exact) mass is 289 g/mol. The van der Waals surface area contributed by atoms with Crippen LogP contribution in [0.15, 0.2) is 30.3 Å². The lowest BCUT2D eigenvalue weighted by Gasteiger charge is -2.28. The van der Waals surface area contributed by atoms with Crippen LogP contribution in [-0.2, 0) is 16.1 Å². The van der Waals surface area contributed by atoms with E-state index in [4.69, 9.17) is 4.74 Å². The SMILES string of the molecule is CC(C)N(Cc1ccccc1)C(=O)CCC1CCOCC1. The molecule has 0 unspecified atom stereocenters. The maximum Gasteiger partial charge on any atom is 0.223 e. The molecule has 1 aromatic carbocycles. The summed E-state index contributed by atoms with van der Waals surface area (Å²) in [6.45, 7) is 6.61. The molecule has 0 aromatic heterocycles. The third kappa shape index (κ3) is 5.16. The van der Waals surface area contributed by atoms with E-state index < -0.39 is 0 Å². The zero-order valence-corrected chi connectivity index (χ0v) is 13.3. The zero-order chi connectivity index (χ0) is 15.1. The van der Waals surface area contributed by atoms with Gasteiger partial charge in [-0.1, -0.05) is 30.3 Å². The molecule has 0 bridgehead atoms. The number of ether oxygens (including phenoxy) is 1. The normalized spacial score (nSPS) is 16.1. The van der Waals surface area contributed by atoms with Crippen LogP contribution in [0.25, 0.3) is 0 Å². The van der Waals surface area contributed by atoms with E-state index >= 15 is 0 Å². The van der Waals surface area contributed by atoms with Crippen molar-refractivity contribution in [1.29, 1.82) is 0 Å². The molecule has 0 atom stereocenters. The minimum atomic E-state index is 0.243. The van der Waals surface area contributed by atoms with Gasteiger partial charge in [0, 0.05) is 32.2 Å². The molecule has 21 heavy (non-hydrogen) atoms. The van der Waals surface area contributed by atoms with Gasteiger partial charge in [0.15, 0.2) is 0 Å². The fourth-order valence-electron chi connectivity index (χ4n) is 2.85. The van der Waals surface area contributed by atoms with Crippen LogP contribution in [0.3, 0.4) is 0 Å². The third-order valence-electron chi connectivity index (χ3n) is 4.25. The van der Waals surface area contributed by atoms with Gasteiger partial charge in [-0.15, -0.1) is 0 Å². The molecule has 0 saturated carbocycles. The van der Waals surface area contributed by atoms with Crippen molar-refractivity contribution in [3.8, 4) is 0 Å². The van der Waals surface area contributed by atoms with Gasteiger partial charge in [-0.25, -0.2) is 0 Å². The van der Waals surface area contributed by atoms with E-state index in [1.807, 2.05) is 23.1 Å². The second kappa shape index (κ2) is 8.18. The third-order valence-corrected chi connectivity index (χ3v) is 4.25. The average Bonchev–Trinajstić information content (AvgIpc) is 2.52. The molecule has 3 heteroatoms. The Morgan fingerprint density at radius 1 is 1.24 bits per heavy atom. The minimum Gasteiger partial charge on any atom is -0.381 e. The number of carbonyl (C=O) groups excluding carboxylic acids is 1. The average molecular weight is 289 g/mol. The molecule has 1 aromatic rings. The molecule has 116 valence electrons. The fourth-order valence-corrected chi connectivity index (χ4v) is 2.85. The highest BCUT2D eigenvalue weighted by molar-refractivity contribution is 5.76. The van der Waals surface area contributed by atoms with Gasteiger partial charge in [-0.05, 0) is 44.6 Å². The minimum absolute atomic E-state index is 0.243. The van der Waals surface area contributed by atoms with Gasteiger partial charge in [-0.3, -0.25) is 4.79 Å². The summed E-state index contributed by atoms with van der Waals surface area (Å²) in [7, 11) is 0. The Bertz CT molecular complexity index is 424. The first-order valence-electron chi connectivity index (χ1n) is 8.08. The second-order valence-electron chi connectivity index (χ2n) is 6.20. The lowest BCUT2D eigenvalue weighted by molar-refractivity contribution is -0.134. The Kier molecular flexibility index (Phi) is 6.24. The summed E-state index contributed by atoms with van der Waals surface area (Å²) in [5, 5.41) is 0. The topological polar surface area (TPSA) is 29.5 Å². The highest BCUT2D eigenvalue weighted by atomic mass is 16.5. The molecular weight excluding hydrogens is 262 g/mol. The van der Waals surface area contributed by atoms with E-state index in [9.17, 15) is 4.79 Å². The van der Waals surface area contributed by atoms with Gasteiger partial charge < -0.3 is 9.64 Å². The Morgan fingerprint density at radius 2 is 1.90 bits per heavy atom. The van der Waals surface area contributed by atoms with Crippen LogP contribution in [0.2, 0.25) is 0 Å². The number of nitrogens with zero attached hydrogens (tertiary/aromatic N) is 1. The molecular formula is C18H27NO2. The molecule has 0 radical (unpaired) electrons. The number of hydrogen-bond donors (Lipinski definition) is 0. The summed E-state index contributed by atoms with van der Waals surface area (Å²) in [5.41, 5.74) is 1.20. The van der Waals surface area contributed by atoms with Crippen LogP contribution in [0, 0.1) is 5.92 Å². The van der Waals surface area contributed by atoms with Crippen molar-refractivity contribution in [3.05, 3.63) is 35.9 Å². The van der Waals surface area contributed by atoms with Crippen molar-refractivity contribution in [1.82, 2.24) is 4.90 Å². The number of hydrogen-bond acceptors (Lipinski definition) is 2. The quantitative estimate of drug-likeness (QED) is 0.800. The maximum absolute atomic E-state index is 12.5. The summed E-state index contributed by atoms with van der Waals surface area (Å²) in [4.78, 5) is 14.5. The van der Waals surface area contributed by atoms with Crippen LogP contribution in [0.1, 0.15) is 45.1 Å². The van der Waals surface area contributed by atoms with Crippen LogP contribution in [-0.4, -0.2) is 30.1 Å². The molecule has 0 spiro atoms. The van der Waals surface area contributed by atoms with Crippen LogP contribution >= 0.6 is 0 Å². The molecule has 1 aliphatic heterocycles. The van der Waals surface area contributed by atoms with E-state index in [2.05, 4.69) is 26.0 Å².